The average molecular weight is 237 g/mol. The van der Waals surface area contributed by atoms with Gasteiger partial charge in [-0.3, -0.25) is 4.79 Å². The lowest BCUT2D eigenvalue weighted by atomic mass is 9.92. The van der Waals surface area contributed by atoms with E-state index in [1.54, 1.807) is 6.07 Å². The van der Waals surface area contributed by atoms with Gasteiger partial charge in [0.2, 0.25) is 0 Å². The number of hydrogen-bond donors (Lipinski definition) is 1. The number of nitrogens with one attached hydrogen (secondary N) is 1. The first kappa shape index (κ1) is 12.0. The Balaban J connectivity index is 2.22. The maximum Gasteiger partial charge on any atom is 0.167 e. The van der Waals surface area contributed by atoms with Gasteiger partial charge in [-0.1, -0.05) is 0 Å². The number of halogens is 1. The molecule has 4 heteroatoms. The molecule has 0 aliphatic carbocycles. The summed E-state index contributed by atoms with van der Waals surface area (Å²) in [6, 6.07) is 4.53. The lowest BCUT2D eigenvalue weighted by Crippen LogP contribution is -2.28. The second-order valence-corrected chi connectivity index (χ2v) is 4.35. The molecular weight excluding hydrogens is 221 g/mol. The third kappa shape index (κ3) is 2.31. The molecule has 0 radical (unpaired) electrons. The number of ether oxygens (including phenoxy) is 1. The summed E-state index contributed by atoms with van der Waals surface area (Å²) in [5, 5.41) is 3.22. The largest absolute Gasteiger partial charge is 0.494 e. The molecule has 0 aromatic heterocycles. The molecule has 2 atom stereocenters. The molecule has 1 heterocycles. The fraction of sp³-hybridized carbons (Fsp3) is 0.462. The van der Waals surface area contributed by atoms with Crippen LogP contribution in [0.25, 0.3) is 0 Å². The van der Waals surface area contributed by atoms with E-state index in [0.717, 1.165) is 13.0 Å². The van der Waals surface area contributed by atoms with Crippen LogP contribution in [0.2, 0.25) is 0 Å². The number of benzene rings is 1. The van der Waals surface area contributed by atoms with E-state index in [2.05, 4.69) is 5.32 Å². The molecular formula is C13H16FNO2. The minimum Gasteiger partial charge on any atom is -0.494 e. The number of ketones is 1. The van der Waals surface area contributed by atoms with Crippen molar-refractivity contribution in [3.05, 3.63) is 29.6 Å². The second-order valence-electron chi connectivity index (χ2n) is 4.35. The van der Waals surface area contributed by atoms with Crippen LogP contribution in [0, 0.1) is 11.7 Å². The molecule has 1 fully saturated rings. The molecule has 1 aliphatic heterocycles. The molecule has 0 amide bonds. The molecule has 2 unspecified atom stereocenters. The highest BCUT2D eigenvalue weighted by molar-refractivity contribution is 5.98. The fourth-order valence-electron chi connectivity index (χ4n) is 2.25. The summed E-state index contributed by atoms with van der Waals surface area (Å²) < 4.78 is 18.3. The SMILES string of the molecule is COc1ccc(C(=O)C2CCNC2C)cc1F. The monoisotopic (exact) mass is 237 g/mol. The van der Waals surface area contributed by atoms with Crippen molar-refractivity contribution in [1.29, 1.82) is 0 Å². The van der Waals surface area contributed by atoms with Crippen LogP contribution in [-0.2, 0) is 0 Å². The molecule has 1 N–H and O–H groups in total. The van der Waals surface area contributed by atoms with Crippen molar-refractivity contribution in [2.75, 3.05) is 13.7 Å². The highest BCUT2D eigenvalue weighted by Crippen LogP contribution is 2.24. The van der Waals surface area contributed by atoms with Gasteiger partial charge in [-0.25, -0.2) is 4.39 Å². The van der Waals surface area contributed by atoms with Crippen LogP contribution in [-0.4, -0.2) is 25.5 Å². The molecule has 1 aromatic rings. The van der Waals surface area contributed by atoms with Gasteiger partial charge in [0.25, 0.3) is 0 Å². The predicted molar refractivity (Wildman–Crippen MR) is 62.9 cm³/mol. The van der Waals surface area contributed by atoms with Crippen molar-refractivity contribution in [2.24, 2.45) is 5.92 Å². The first-order valence-electron chi connectivity index (χ1n) is 5.74. The fourth-order valence-corrected chi connectivity index (χ4v) is 2.25. The van der Waals surface area contributed by atoms with E-state index in [1.165, 1.54) is 19.2 Å². The van der Waals surface area contributed by atoms with Gasteiger partial charge in [-0.05, 0) is 38.1 Å². The Morgan fingerprint density at radius 1 is 1.53 bits per heavy atom. The Morgan fingerprint density at radius 3 is 2.82 bits per heavy atom. The normalized spacial score (nSPS) is 23.7. The van der Waals surface area contributed by atoms with Gasteiger partial charge in [0.05, 0.1) is 7.11 Å². The van der Waals surface area contributed by atoms with Crippen LogP contribution >= 0.6 is 0 Å². The van der Waals surface area contributed by atoms with Crippen molar-refractivity contribution in [2.45, 2.75) is 19.4 Å². The maximum absolute atomic E-state index is 13.5. The number of rotatable bonds is 3. The molecule has 17 heavy (non-hydrogen) atoms. The van der Waals surface area contributed by atoms with Gasteiger partial charge in [0, 0.05) is 17.5 Å². The number of Topliss-reactive ketones (excluding diaryl/α,β-unsaturated/α-hetero) is 1. The van der Waals surface area contributed by atoms with E-state index in [0.29, 0.717) is 5.56 Å². The van der Waals surface area contributed by atoms with E-state index < -0.39 is 5.82 Å². The smallest absolute Gasteiger partial charge is 0.167 e. The third-order valence-electron chi connectivity index (χ3n) is 3.30. The van der Waals surface area contributed by atoms with Crippen LogP contribution < -0.4 is 10.1 Å². The molecule has 1 aliphatic rings. The Bertz CT molecular complexity index is 433. The topological polar surface area (TPSA) is 38.3 Å². The summed E-state index contributed by atoms with van der Waals surface area (Å²) in [5.74, 6) is -0.372. The van der Waals surface area contributed by atoms with Gasteiger partial charge >= 0.3 is 0 Å². The lowest BCUT2D eigenvalue weighted by molar-refractivity contribution is 0.0913. The van der Waals surface area contributed by atoms with Crippen LogP contribution in [0.5, 0.6) is 5.75 Å². The average Bonchev–Trinajstić information content (AvgIpc) is 2.74. The number of hydrogen-bond acceptors (Lipinski definition) is 3. The van der Waals surface area contributed by atoms with E-state index in [-0.39, 0.29) is 23.5 Å². The first-order chi connectivity index (χ1) is 8.13. The van der Waals surface area contributed by atoms with Crippen molar-refractivity contribution in [1.82, 2.24) is 5.32 Å². The zero-order chi connectivity index (χ0) is 12.4. The van der Waals surface area contributed by atoms with Gasteiger partial charge in [0.1, 0.15) is 0 Å². The first-order valence-corrected chi connectivity index (χ1v) is 5.74. The Kier molecular flexibility index (Phi) is 3.43. The van der Waals surface area contributed by atoms with E-state index in [4.69, 9.17) is 4.74 Å². The van der Waals surface area contributed by atoms with Crippen LogP contribution in [0.3, 0.4) is 0 Å². The van der Waals surface area contributed by atoms with Gasteiger partial charge in [-0.15, -0.1) is 0 Å². The van der Waals surface area contributed by atoms with Crippen LogP contribution in [0.15, 0.2) is 18.2 Å². The number of methoxy groups -OCH3 is 1. The molecule has 0 bridgehead atoms. The standard InChI is InChI=1S/C13H16FNO2/c1-8-10(5-6-15-8)13(16)9-3-4-12(17-2)11(14)7-9/h3-4,7-8,10,15H,5-6H2,1-2H3. The van der Waals surface area contributed by atoms with Gasteiger partial charge < -0.3 is 10.1 Å². The summed E-state index contributed by atoms with van der Waals surface area (Å²) >= 11 is 0. The van der Waals surface area contributed by atoms with Crippen molar-refractivity contribution >= 4 is 5.78 Å². The zero-order valence-electron chi connectivity index (χ0n) is 10.00. The third-order valence-corrected chi connectivity index (χ3v) is 3.30. The molecule has 92 valence electrons. The lowest BCUT2D eigenvalue weighted by Gasteiger charge is -2.14. The molecule has 3 nitrogen and oxygen atoms in total. The summed E-state index contributed by atoms with van der Waals surface area (Å²) in [4.78, 5) is 12.2. The Morgan fingerprint density at radius 2 is 2.29 bits per heavy atom. The quantitative estimate of drug-likeness (QED) is 0.817. The minimum atomic E-state index is -0.489. The molecule has 0 saturated carbocycles. The Labute approximate surface area is 100.0 Å². The summed E-state index contributed by atoms with van der Waals surface area (Å²) in [7, 11) is 1.41. The molecule has 1 saturated heterocycles. The van der Waals surface area contributed by atoms with Gasteiger partial charge in [0.15, 0.2) is 17.3 Å². The van der Waals surface area contributed by atoms with Crippen molar-refractivity contribution in [3.63, 3.8) is 0 Å². The number of carbonyl (C=O) groups is 1. The molecule has 0 spiro atoms. The van der Waals surface area contributed by atoms with Crippen LogP contribution in [0.1, 0.15) is 23.7 Å². The Hall–Kier alpha value is -1.42. The zero-order valence-corrected chi connectivity index (χ0v) is 10.00. The van der Waals surface area contributed by atoms with Crippen molar-refractivity contribution < 1.29 is 13.9 Å². The summed E-state index contributed by atoms with van der Waals surface area (Å²) in [6.07, 6.45) is 0.813. The van der Waals surface area contributed by atoms with Crippen molar-refractivity contribution in [3.8, 4) is 5.75 Å². The highest BCUT2D eigenvalue weighted by Gasteiger charge is 2.30. The van der Waals surface area contributed by atoms with E-state index in [9.17, 15) is 9.18 Å². The summed E-state index contributed by atoms with van der Waals surface area (Å²) in [5.41, 5.74) is 0.420. The number of carbonyl (C=O) groups excluding carboxylic acids is 1. The summed E-state index contributed by atoms with van der Waals surface area (Å²) in [6.45, 7) is 2.83. The maximum atomic E-state index is 13.5. The van der Waals surface area contributed by atoms with E-state index in [1.807, 2.05) is 6.92 Å². The highest BCUT2D eigenvalue weighted by atomic mass is 19.1. The van der Waals surface area contributed by atoms with Crippen LogP contribution in [0.4, 0.5) is 4.39 Å². The van der Waals surface area contributed by atoms with Gasteiger partial charge in [-0.2, -0.15) is 0 Å². The minimum absolute atomic E-state index is 0.00375. The molecule has 2 rings (SSSR count). The second kappa shape index (κ2) is 4.84. The molecule has 1 aromatic carbocycles. The van der Waals surface area contributed by atoms with E-state index >= 15 is 0 Å². The predicted octanol–water partition coefficient (Wildman–Crippen LogP) is 2.02.